The smallest absolute Gasteiger partial charge is 0.0361 e. The van der Waals surface area contributed by atoms with E-state index in [2.05, 4.69) is 60.4 Å². The maximum Gasteiger partial charge on any atom is 0.0361 e. The molecule has 106 valence electrons. The summed E-state index contributed by atoms with van der Waals surface area (Å²) in [6.45, 7) is 5.91. The Kier molecular flexibility index (Phi) is 4.83. The van der Waals surface area contributed by atoms with Gasteiger partial charge in [-0.1, -0.05) is 12.1 Å². The second kappa shape index (κ2) is 6.40. The van der Waals surface area contributed by atoms with Crippen molar-refractivity contribution in [1.29, 1.82) is 0 Å². The number of benzene rings is 1. The highest BCUT2D eigenvalue weighted by Crippen LogP contribution is 2.28. The fraction of sp³-hybridized carbons (Fsp3) is 0.625. The van der Waals surface area contributed by atoms with Gasteiger partial charge in [0.05, 0.1) is 0 Å². The summed E-state index contributed by atoms with van der Waals surface area (Å²) in [5.41, 5.74) is 2.70. The van der Waals surface area contributed by atoms with Crippen molar-refractivity contribution in [3.63, 3.8) is 0 Å². The van der Waals surface area contributed by atoms with Crippen molar-refractivity contribution in [3.8, 4) is 0 Å². The molecule has 1 N–H and O–H groups in total. The molecular formula is C16H27N3. The molecule has 1 heterocycles. The van der Waals surface area contributed by atoms with Gasteiger partial charge in [-0.05, 0) is 57.1 Å². The van der Waals surface area contributed by atoms with E-state index in [0.29, 0.717) is 6.04 Å². The highest BCUT2D eigenvalue weighted by molar-refractivity contribution is 5.46. The van der Waals surface area contributed by atoms with Crippen LogP contribution in [0.2, 0.25) is 0 Å². The van der Waals surface area contributed by atoms with Crippen molar-refractivity contribution >= 4 is 5.69 Å². The van der Waals surface area contributed by atoms with Crippen LogP contribution in [0.5, 0.6) is 0 Å². The molecule has 3 heteroatoms. The third-order valence-electron chi connectivity index (χ3n) is 4.25. The van der Waals surface area contributed by atoms with Gasteiger partial charge in [0.25, 0.3) is 0 Å². The maximum atomic E-state index is 3.30. The van der Waals surface area contributed by atoms with Crippen LogP contribution in [0.25, 0.3) is 0 Å². The Morgan fingerprint density at radius 3 is 2.58 bits per heavy atom. The van der Waals surface area contributed by atoms with E-state index in [1.807, 2.05) is 7.05 Å². The molecule has 1 aromatic rings. The molecule has 1 aliphatic heterocycles. The second-order valence-electron chi connectivity index (χ2n) is 5.87. The average Bonchev–Trinajstić information content (AvgIpc) is 2.87. The van der Waals surface area contributed by atoms with Crippen LogP contribution in [-0.2, 0) is 0 Å². The molecule has 1 fully saturated rings. The highest BCUT2D eigenvalue weighted by Gasteiger charge is 2.26. The number of hydrogen-bond donors (Lipinski definition) is 1. The van der Waals surface area contributed by atoms with E-state index in [0.717, 1.165) is 12.5 Å². The molecule has 2 rings (SSSR count). The van der Waals surface area contributed by atoms with E-state index in [4.69, 9.17) is 0 Å². The van der Waals surface area contributed by atoms with Gasteiger partial charge >= 0.3 is 0 Å². The van der Waals surface area contributed by atoms with Gasteiger partial charge in [-0.15, -0.1) is 0 Å². The summed E-state index contributed by atoms with van der Waals surface area (Å²) in [6, 6.07) is 9.50. The molecule has 0 aromatic heterocycles. The lowest BCUT2D eigenvalue weighted by Crippen LogP contribution is -2.27. The Morgan fingerprint density at radius 1 is 1.32 bits per heavy atom. The normalized spacial score (nSPS) is 21.6. The Morgan fingerprint density at radius 2 is 2.00 bits per heavy atom. The number of hydrogen-bond acceptors (Lipinski definition) is 3. The SMILES string of the molecule is CNCC1CCN(C(C)c2ccc(N(C)C)cc2)C1. The molecule has 0 spiro atoms. The quantitative estimate of drug-likeness (QED) is 0.878. The molecule has 1 aliphatic rings. The first kappa shape index (κ1) is 14.4. The van der Waals surface area contributed by atoms with Crippen LogP contribution in [0, 0.1) is 5.92 Å². The third kappa shape index (κ3) is 3.48. The summed E-state index contributed by atoms with van der Waals surface area (Å²) in [5.74, 6) is 0.813. The van der Waals surface area contributed by atoms with Crippen LogP contribution in [0.3, 0.4) is 0 Å². The van der Waals surface area contributed by atoms with Crippen molar-refractivity contribution < 1.29 is 0 Å². The minimum Gasteiger partial charge on any atom is -0.378 e. The van der Waals surface area contributed by atoms with Gasteiger partial charge in [0.2, 0.25) is 0 Å². The molecular weight excluding hydrogens is 234 g/mol. The largest absolute Gasteiger partial charge is 0.378 e. The zero-order valence-corrected chi connectivity index (χ0v) is 12.7. The fourth-order valence-corrected chi connectivity index (χ4v) is 2.93. The van der Waals surface area contributed by atoms with Crippen molar-refractivity contribution in [2.75, 3.05) is 45.7 Å². The minimum atomic E-state index is 0.526. The van der Waals surface area contributed by atoms with Crippen molar-refractivity contribution in [2.45, 2.75) is 19.4 Å². The van der Waals surface area contributed by atoms with E-state index in [1.165, 1.54) is 30.8 Å². The zero-order valence-electron chi connectivity index (χ0n) is 12.7. The first-order valence-electron chi connectivity index (χ1n) is 7.27. The summed E-state index contributed by atoms with van der Waals surface area (Å²) in [6.07, 6.45) is 1.32. The first-order valence-corrected chi connectivity index (χ1v) is 7.27. The van der Waals surface area contributed by atoms with Gasteiger partial charge in [-0.2, -0.15) is 0 Å². The van der Waals surface area contributed by atoms with Crippen LogP contribution in [-0.4, -0.2) is 45.7 Å². The number of nitrogens with one attached hydrogen (secondary N) is 1. The summed E-state index contributed by atoms with van der Waals surface area (Å²) >= 11 is 0. The van der Waals surface area contributed by atoms with Gasteiger partial charge in [0.1, 0.15) is 0 Å². The summed E-state index contributed by atoms with van der Waals surface area (Å²) < 4.78 is 0. The Balaban J connectivity index is 1.98. The molecule has 0 radical (unpaired) electrons. The number of anilines is 1. The molecule has 0 saturated carbocycles. The highest BCUT2D eigenvalue weighted by atomic mass is 15.2. The van der Waals surface area contributed by atoms with Gasteiger partial charge in [-0.25, -0.2) is 0 Å². The van der Waals surface area contributed by atoms with Crippen molar-refractivity contribution in [1.82, 2.24) is 10.2 Å². The number of rotatable bonds is 5. The predicted molar refractivity (Wildman–Crippen MR) is 82.8 cm³/mol. The molecule has 3 nitrogen and oxygen atoms in total. The monoisotopic (exact) mass is 261 g/mol. The van der Waals surface area contributed by atoms with E-state index >= 15 is 0 Å². The topological polar surface area (TPSA) is 18.5 Å². The van der Waals surface area contributed by atoms with Gasteiger partial charge in [0.15, 0.2) is 0 Å². The lowest BCUT2D eigenvalue weighted by Gasteiger charge is -2.25. The Hall–Kier alpha value is -1.06. The van der Waals surface area contributed by atoms with Crippen LogP contribution in [0.15, 0.2) is 24.3 Å². The standard InChI is InChI=1S/C16H27N3/c1-13(19-10-9-14(12-19)11-17-2)15-5-7-16(8-6-15)18(3)4/h5-8,13-14,17H,9-12H2,1-4H3. The summed E-state index contributed by atoms with van der Waals surface area (Å²) in [7, 11) is 6.22. The Bertz CT molecular complexity index is 385. The molecule has 2 unspecified atom stereocenters. The molecule has 2 atom stereocenters. The summed E-state index contributed by atoms with van der Waals surface area (Å²) in [4.78, 5) is 4.75. The molecule has 1 saturated heterocycles. The molecule has 0 amide bonds. The van der Waals surface area contributed by atoms with E-state index in [9.17, 15) is 0 Å². The van der Waals surface area contributed by atoms with Gasteiger partial charge in [0, 0.05) is 32.4 Å². The lowest BCUT2D eigenvalue weighted by atomic mass is 10.1. The zero-order chi connectivity index (χ0) is 13.8. The third-order valence-corrected chi connectivity index (χ3v) is 4.25. The maximum absolute atomic E-state index is 3.30. The molecule has 0 bridgehead atoms. The van der Waals surface area contributed by atoms with E-state index < -0.39 is 0 Å². The summed E-state index contributed by atoms with van der Waals surface area (Å²) in [5, 5.41) is 3.30. The molecule has 1 aromatic carbocycles. The molecule has 0 aliphatic carbocycles. The molecule has 19 heavy (non-hydrogen) atoms. The predicted octanol–water partition coefficient (Wildman–Crippen LogP) is 2.35. The van der Waals surface area contributed by atoms with Crippen LogP contribution in [0.1, 0.15) is 24.9 Å². The Labute approximate surface area is 117 Å². The number of nitrogens with zero attached hydrogens (tertiary/aromatic N) is 2. The van der Waals surface area contributed by atoms with Crippen LogP contribution >= 0.6 is 0 Å². The lowest BCUT2D eigenvalue weighted by molar-refractivity contribution is 0.252. The van der Waals surface area contributed by atoms with Crippen molar-refractivity contribution in [3.05, 3.63) is 29.8 Å². The second-order valence-corrected chi connectivity index (χ2v) is 5.87. The van der Waals surface area contributed by atoms with Crippen LogP contribution in [0.4, 0.5) is 5.69 Å². The van der Waals surface area contributed by atoms with Crippen LogP contribution < -0.4 is 10.2 Å². The number of likely N-dealkylation sites (tertiary alicyclic amines) is 1. The van der Waals surface area contributed by atoms with Crippen molar-refractivity contribution in [2.24, 2.45) is 5.92 Å². The van der Waals surface area contributed by atoms with E-state index in [1.54, 1.807) is 0 Å². The minimum absolute atomic E-state index is 0.526. The average molecular weight is 261 g/mol. The van der Waals surface area contributed by atoms with Gasteiger partial charge < -0.3 is 10.2 Å². The first-order chi connectivity index (χ1) is 9.11. The van der Waals surface area contributed by atoms with E-state index in [-0.39, 0.29) is 0 Å². The fourth-order valence-electron chi connectivity index (χ4n) is 2.93. The van der Waals surface area contributed by atoms with Gasteiger partial charge in [-0.3, -0.25) is 4.90 Å².